The lowest BCUT2D eigenvalue weighted by molar-refractivity contribution is -0.143. The first-order valence-electron chi connectivity index (χ1n) is 8.97. The maximum Gasteiger partial charge on any atom is 0.528 e. The fourth-order valence-electron chi connectivity index (χ4n) is 1.63. The summed E-state index contributed by atoms with van der Waals surface area (Å²) in [6, 6.07) is 0.646. The van der Waals surface area contributed by atoms with E-state index in [0.717, 1.165) is 0 Å². The van der Waals surface area contributed by atoms with Crippen molar-refractivity contribution in [3.05, 3.63) is 38.1 Å². The predicted octanol–water partition coefficient (Wildman–Crippen LogP) is 3.79. The molecule has 0 atom stereocenters. The Morgan fingerprint density at radius 1 is 0.862 bits per heavy atom. The molecule has 0 aromatic rings. The highest BCUT2D eigenvalue weighted by Crippen LogP contribution is 2.14. The number of allylic oxidation sites excluding steroid dienone is 1. The van der Waals surface area contributed by atoms with Gasteiger partial charge in [-0.1, -0.05) is 19.6 Å². The van der Waals surface area contributed by atoms with Gasteiger partial charge in [0.1, 0.15) is 0 Å². The Bertz CT molecular complexity index is 370. The summed E-state index contributed by atoms with van der Waals surface area (Å²) < 4.78 is 35.5. The van der Waals surface area contributed by atoms with Crippen molar-refractivity contribution >= 4 is 23.6 Å². The summed E-state index contributed by atoms with van der Waals surface area (Å²) in [7, 11) is 4.41. The number of carbonyl (C=O) groups is 1. The molecule has 0 bridgehead atoms. The van der Waals surface area contributed by atoms with Crippen molar-refractivity contribution < 1.29 is 36.1 Å². The van der Waals surface area contributed by atoms with Crippen molar-refractivity contribution in [2.75, 3.05) is 49.3 Å². The van der Waals surface area contributed by atoms with Crippen LogP contribution in [0.3, 0.4) is 0 Å². The monoisotopic (exact) mass is 454 g/mol. The molecule has 29 heavy (non-hydrogen) atoms. The first-order valence-corrected chi connectivity index (χ1v) is 12.7. The van der Waals surface area contributed by atoms with Crippen LogP contribution in [0, 0.1) is 0 Å². The third-order valence-corrected chi connectivity index (χ3v) is 8.25. The predicted molar refractivity (Wildman–Crippen MR) is 122 cm³/mol. The lowest BCUT2D eigenvalue weighted by Gasteiger charge is -2.24. The van der Waals surface area contributed by atoms with Gasteiger partial charge in [-0.05, 0) is 19.0 Å². The highest BCUT2D eigenvalue weighted by Gasteiger charge is 2.37. The van der Waals surface area contributed by atoms with E-state index in [2.05, 4.69) is 26.3 Å². The van der Waals surface area contributed by atoms with Crippen LogP contribution < -0.4 is 0 Å². The van der Waals surface area contributed by atoms with Crippen molar-refractivity contribution in [3.8, 4) is 0 Å². The van der Waals surface area contributed by atoms with E-state index >= 15 is 0 Å². The van der Waals surface area contributed by atoms with Crippen molar-refractivity contribution in [1.29, 1.82) is 0 Å². The van der Waals surface area contributed by atoms with Crippen molar-refractivity contribution in [2.45, 2.75) is 32.7 Å². The Morgan fingerprint density at radius 3 is 1.45 bits per heavy atom. The van der Waals surface area contributed by atoms with E-state index in [0.29, 0.717) is 25.5 Å². The van der Waals surface area contributed by atoms with Gasteiger partial charge in [0.2, 0.25) is 0 Å². The highest BCUT2D eigenvalue weighted by atomic mass is 28.4. The minimum Gasteiger partial charge on any atom is -0.466 e. The Balaban J connectivity index is -0.000000189. The van der Waals surface area contributed by atoms with Crippen LogP contribution in [0.15, 0.2) is 38.1 Å². The van der Waals surface area contributed by atoms with Gasteiger partial charge in [-0.3, -0.25) is 4.79 Å². The lowest BCUT2D eigenvalue weighted by atomic mass is 10.5. The first-order chi connectivity index (χ1) is 13.8. The molecule has 0 radical (unpaired) electrons. The molecule has 0 amide bonds. The molecule has 0 aliphatic carbocycles. The van der Waals surface area contributed by atoms with Crippen molar-refractivity contribution in [1.82, 2.24) is 0 Å². The van der Waals surface area contributed by atoms with E-state index in [1.165, 1.54) is 0 Å². The van der Waals surface area contributed by atoms with Gasteiger partial charge in [-0.2, -0.15) is 0 Å². The van der Waals surface area contributed by atoms with Crippen molar-refractivity contribution in [3.63, 3.8) is 0 Å². The van der Waals surface area contributed by atoms with Gasteiger partial charge in [0, 0.05) is 55.1 Å². The van der Waals surface area contributed by atoms with Crippen LogP contribution in [-0.4, -0.2) is 72.8 Å². The van der Waals surface area contributed by atoms with Gasteiger partial charge in [-0.15, -0.1) is 19.7 Å². The van der Waals surface area contributed by atoms with Gasteiger partial charge in [0.15, 0.2) is 0 Å². The molecule has 0 heterocycles. The standard InChI is InChI=1S/C9H20O5Si.C5H12O3Si.C3H6.C2H4/c1-5-9(10)14-7-6-8-15(11-2,12-3)13-4;1-5-9(6-2,7-3)8-4;1-3-2;1-2/h5-8H2,1-4H3;5H,1H2,2-4H3;3H,1H2,2H3;1-2H2. The van der Waals surface area contributed by atoms with E-state index in [9.17, 15) is 4.79 Å². The quantitative estimate of drug-likeness (QED) is 0.191. The molecular weight excluding hydrogens is 412 g/mol. The molecule has 0 fully saturated rings. The molecule has 0 aliphatic heterocycles. The third kappa shape index (κ3) is 18.6. The summed E-state index contributed by atoms with van der Waals surface area (Å²) >= 11 is 0. The molecule has 0 aromatic carbocycles. The second-order valence-electron chi connectivity index (χ2n) is 4.80. The van der Waals surface area contributed by atoms with E-state index in [-0.39, 0.29) is 5.97 Å². The smallest absolute Gasteiger partial charge is 0.466 e. The average Bonchev–Trinajstić information content (AvgIpc) is 2.78. The highest BCUT2D eigenvalue weighted by molar-refractivity contribution is 6.66. The number of ether oxygens (including phenoxy) is 1. The lowest BCUT2D eigenvalue weighted by Crippen LogP contribution is -2.42. The molecular formula is C19H42O8Si2. The molecule has 0 saturated carbocycles. The van der Waals surface area contributed by atoms with E-state index in [1.807, 2.05) is 6.92 Å². The zero-order valence-electron chi connectivity index (χ0n) is 19.6. The minimum absolute atomic E-state index is 0.186. The molecule has 0 aromatic heterocycles. The van der Waals surface area contributed by atoms with Gasteiger partial charge >= 0.3 is 23.6 Å². The van der Waals surface area contributed by atoms with Gasteiger partial charge in [-0.25, -0.2) is 0 Å². The average molecular weight is 455 g/mol. The van der Waals surface area contributed by atoms with E-state index in [1.54, 1.807) is 61.4 Å². The Hall–Kier alpha value is -1.12. The maximum atomic E-state index is 10.8. The molecule has 8 nitrogen and oxygen atoms in total. The first kappa shape index (κ1) is 35.3. The molecule has 0 N–H and O–H groups in total. The summed E-state index contributed by atoms with van der Waals surface area (Å²) in [4.78, 5) is 10.8. The Morgan fingerprint density at radius 2 is 1.24 bits per heavy atom. The molecule has 0 spiro atoms. The summed E-state index contributed by atoms with van der Waals surface area (Å²) in [6.45, 7) is 16.9. The van der Waals surface area contributed by atoms with Crippen LogP contribution in [0.1, 0.15) is 26.7 Å². The van der Waals surface area contributed by atoms with Crippen LogP contribution in [-0.2, 0) is 36.1 Å². The van der Waals surface area contributed by atoms with E-state index in [4.69, 9.17) is 31.3 Å². The number of esters is 1. The van der Waals surface area contributed by atoms with E-state index < -0.39 is 17.6 Å². The second-order valence-corrected chi connectivity index (χ2v) is 10.7. The number of hydrogen-bond donors (Lipinski definition) is 0. The second kappa shape index (κ2) is 24.9. The van der Waals surface area contributed by atoms with Gasteiger partial charge < -0.3 is 31.3 Å². The van der Waals surface area contributed by atoms with Crippen LogP contribution in [0.2, 0.25) is 6.04 Å². The molecule has 0 aliphatic rings. The zero-order chi connectivity index (χ0) is 23.8. The summed E-state index contributed by atoms with van der Waals surface area (Å²) in [5, 5.41) is 0. The number of carbonyl (C=O) groups excluding carboxylic acids is 1. The van der Waals surface area contributed by atoms with Crippen LogP contribution in [0.5, 0.6) is 0 Å². The van der Waals surface area contributed by atoms with Crippen molar-refractivity contribution in [2.24, 2.45) is 0 Å². The number of hydrogen-bond acceptors (Lipinski definition) is 8. The summed E-state index contributed by atoms with van der Waals surface area (Å²) in [5.41, 5.74) is 1.58. The summed E-state index contributed by atoms with van der Waals surface area (Å²) in [5.74, 6) is -0.186. The Labute approximate surface area is 180 Å². The molecule has 174 valence electrons. The topological polar surface area (TPSA) is 81.7 Å². The fraction of sp³-hybridized carbons (Fsp3) is 0.632. The van der Waals surface area contributed by atoms with Crippen LogP contribution in [0.25, 0.3) is 0 Å². The van der Waals surface area contributed by atoms with Gasteiger partial charge in [0.05, 0.1) is 6.61 Å². The van der Waals surface area contributed by atoms with Crippen LogP contribution in [0.4, 0.5) is 0 Å². The third-order valence-electron chi connectivity index (χ3n) is 3.22. The zero-order valence-corrected chi connectivity index (χ0v) is 21.6. The molecule has 0 saturated heterocycles. The fourth-order valence-corrected chi connectivity index (χ4v) is 4.32. The largest absolute Gasteiger partial charge is 0.528 e. The SMILES string of the molecule is C=C.C=CC.C=C[Si](OC)(OC)OC.CCC(=O)OCCC[Si](OC)(OC)OC. The minimum atomic E-state index is -2.49. The molecule has 0 rings (SSSR count). The Kier molecular flexibility index (Phi) is 30.4. The van der Waals surface area contributed by atoms with Gasteiger partial charge in [0.25, 0.3) is 0 Å². The normalized spacial score (nSPS) is 10.1. The maximum absolute atomic E-state index is 10.8. The number of rotatable bonds is 12. The molecule has 0 unspecified atom stereocenters. The van der Waals surface area contributed by atoms with Crippen LogP contribution >= 0.6 is 0 Å². The summed E-state index contributed by atoms with van der Waals surface area (Å²) in [6.07, 6.45) is 2.84. The molecule has 10 heteroatoms.